The molecule has 5 nitrogen and oxygen atoms in total. The summed E-state index contributed by atoms with van der Waals surface area (Å²) in [6.07, 6.45) is -0.827. The molecule has 3 atom stereocenters. The number of benzene rings is 1. The fourth-order valence-electron chi connectivity index (χ4n) is 3.50. The molecule has 8 heteroatoms. The normalized spacial score (nSPS) is 26.5. The van der Waals surface area contributed by atoms with Gasteiger partial charge in [0.05, 0.1) is 23.7 Å². The first kappa shape index (κ1) is 17.7. The van der Waals surface area contributed by atoms with Crippen LogP contribution in [0.1, 0.15) is 37.7 Å². The average Bonchev–Trinajstić information content (AvgIpc) is 2.55. The number of fused-ring (bicyclic) bond motifs is 1. The Morgan fingerprint density at radius 3 is 2.56 bits per heavy atom. The van der Waals surface area contributed by atoms with Crippen molar-refractivity contribution in [2.75, 3.05) is 5.32 Å². The van der Waals surface area contributed by atoms with Gasteiger partial charge in [-0.05, 0) is 25.0 Å². The van der Waals surface area contributed by atoms with Gasteiger partial charge in [0.25, 0.3) is 0 Å². The molecule has 0 bridgehead atoms. The molecule has 0 spiro atoms. The van der Waals surface area contributed by atoms with Gasteiger partial charge in [-0.3, -0.25) is 9.59 Å². The van der Waals surface area contributed by atoms with Crippen LogP contribution in [0.4, 0.5) is 18.9 Å². The van der Waals surface area contributed by atoms with Crippen molar-refractivity contribution in [3.63, 3.8) is 0 Å². The zero-order chi connectivity index (χ0) is 18.0. The molecule has 0 aromatic heterocycles. The minimum atomic E-state index is -4.56. The van der Waals surface area contributed by atoms with Crippen molar-refractivity contribution in [3.05, 3.63) is 29.8 Å². The van der Waals surface area contributed by atoms with Crippen molar-refractivity contribution in [3.8, 4) is 0 Å². The van der Waals surface area contributed by atoms with Crippen LogP contribution in [-0.4, -0.2) is 29.9 Å². The summed E-state index contributed by atoms with van der Waals surface area (Å²) in [7, 11) is 0. The monoisotopic (exact) mass is 355 g/mol. The summed E-state index contributed by atoms with van der Waals surface area (Å²) < 4.78 is 38.9. The Labute approximate surface area is 143 Å². The predicted octanol–water partition coefficient (Wildman–Crippen LogP) is 2.43. The van der Waals surface area contributed by atoms with Crippen molar-refractivity contribution in [1.29, 1.82) is 0 Å². The molecule has 136 valence electrons. The van der Waals surface area contributed by atoms with Crippen LogP contribution < -0.4 is 16.0 Å². The summed E-state index contributed by atoms with van der Waals surface area (Å²) in [4.78, 5) is 24.3. The Morgan fingerprint density at radius 1 is 1.16 bits per heavy atom. The fourth-order valence-corrected chi connectivity index (χ4v) is 3.50. The molecular weight excluding hydrogens is 335 g/mol. The number of halogens is 3. The number of hydrogen-bond donors (Lipinski definition) is 3. The molecule has 1 saturated carbocycles. The van der Waals surface area contributed by atoms with E-state index >= 15 is 0 Å². The van der Waals surface area contributed by atoms with Crippen molar-refractivity contribution in [2.24, 2.45) is 0 Å². The van der Waals surface area contributed by atoms with E-state index in [1.165, 1.54) is 18.2 Å². The number of para-hydroxylation sites is 1. The Bertz CT molecular complexity index is 663. The quantitative estimate of drug-likeness (QED) is 0.780. The summed E-state index contributed by atoms with van der Waals surface area (Å²) in [5.41, 5.74) is -1.21. The lowest BCUT2D eigenvalue weighted by Crippen LogP contribution is -2.65. The van der Waals surface area contributed by atoms with Crippen LogP contribution >= 0.6 is 0 Å². The molecule has 2 fully saturated rings. The first-order valence-corrected chi connectivity index (χ1v) is 8.37. The van der Waals surface area contributed by atoms with E-state index < -0.39 is 23.7 Å². The standard InChI is InChI=1S/C17H20F3N3O2/c18-17(19,20)10-5-1-2-6-11(10)22-15(24)9-14-16(25)23-13-8-4-3-7-12(13)21-14/h1-2,5-6,12-14,21H,3-4,7-9H2,(H,22,24)(H,23,25)/t12-,13-,14-/m0/s1. The second kappa shape index (κ2) is 7.03. The lowest BCUT2D eigenvalue weighted by molar-refractivity contribution is -0.137. The van der Waals surface area contributed by atoms with Gasteiger partial charge in [0, 0.05) is 12.1 Å². The van der Waals surface area contributed by atoms with E-state index in [0.29, 0.717) is 0 Å². The van der Waals surface area contributed by atoms with Crippen LogP contribution in [0.15, 0.2) is 24.3 Å². The maximum absolute atomic E-state index is 13.0. The molecule has 3 N–H and O–H groups in total. The van der Waals surface area contributed by atoms with Crippen LogP contribution in [0.2, 0.25) is 0 Å². The van der Waals surface area contributed by atoms with Gasteiger partial charge in [-0.25, -0.2) is 0 Å². The molecule has 0 radical (unpaired) electrons. The minimum absolute atomic E-state index is 0.0755. The molecule has 3 rings (SSSR count). The van der Waals surface area contributed by atoms with Gasteiger partial charge in [-0.2, -0.15) is 13.2 Å². The van der Waals surface area contributed by atoms with Gasteiger partial charge in [0.2, 0.25) is 11.8 Å². The fraction of sp³-hybridized carbons (Fsp3) is 0.529. The second-order valence-corrected chi connectivity index (χ2v) is 6.52. The largest absolute Gasteiger partial charge is 0.418 e. The number of carbonyl (C=O) groups is 2. The van der Waals surface area contributed by atoms with Gasteiger partial charge in [0.1, 0.15) is 0 Å². The molecule has 1 aliphatic heterocycles. The van der Waals surface area contributed by atoms with Crippen LogP contribution in [0.5, 0.6) is 0 Å². The van der Waals surface area contributed by atoms with Crippen molar-refractivity contribution < 1.29 is 22.8 Å². The SMILES string of the molecule is O=C(C[C@@H]1N[C@H]2CCCC[C@@H]2NC1=O)Nc1ccccc1C(F)(F)F. The van der Waals surface area contributed by atoms with Gasteiger partial charge < -0.3 is 16.0 Å². The number of amides is 2. The van der Waals surface area contributed by atoms with E-state index in [4.69, 9.17) is 0 Å². The Balaban J connectivity index is 1.64. The molecule has 2 amide bonds. The summed E-state index contributed by atoms with van der Waals surface area (Å²) in [5, 5.41) is 8.36. The number of piperazine rings is 1. The van der Waals surface area contributed by atoms with Gasteiger partial charge >= 0.3 is 6.18 Å². The zero-order valence-electron chi connectivity index (χ0n) is 13.5. The topological polar surface area (TPSA) is 70.2 Å². The summed E-state index contributed by atoms with van der Waals surface area (Å²) in [5.74, 6) is -0.902. The molecular formula is C17H20F3N3O2. The number of alkyl halides is 3. The minimum Gasteiger partial charge on any atom is -0.350 e. The summed E-state index contributed by atoms with van der Waals surface area (Å²) in [6.45, 7) is 0. The van der Waals surface area contributed by atoms with Gasteiger partial charge in [0.15, 0.2) is 0 Å². The number of nitrogens with one attached hydrogen (secondary N) is 3. The molecule has 1 aromatic rings. The van der Waals surface area contributed by atoms with E-state index in [2.05, 4.69) is 16.0 Å². The highest BCUT2D eigenvalue weighted by Crippen LogP contribution is 2.34. The van der Waals surface area contributed by atoms with Crippen LogP contribution in [0, 0.1) is 0 Å². The summed E-state index contributed by atoms with van der Waals surface area (Å²) in [6, 6.07) is 4.26. The Kier molecular flexibility index (Phi) is 4.99. The predicted molar refractivity (Wildman–Crippen MR) is 85.8 cm³/mol. The van der Waals surface area contributed by atoms with E-state index in [1.807, 2.05) is 0 Å². The number of rotatable bonds is 3. The second-order valence-electron chi connectivity index (χ2n) is 6.52. The van der Waals surface area contributed by atoms with Gasteiger partial charge in [-0.15, -0.1) is 0 Å². The Hall–Kier alpha value is -2.09. The van der Waals surface area contributed by atoms with Crippen LogP contribution in [-0.2, 0) is 15.8 Å². The molecule has 1 aliphatic carbocycles. The summed E-state index contributed by atoms with van der Waals surface area (Å²) >= 11 is 0. The van der Waals surface area contributed by atoms with Crippen LogP contribution in [0.3, 0.4) is 0 Å². The van der Waals surface area contributed by atoms with E-state index in [0.717, 1.165) is 31.7 Å². The maximum Gasteiger partial charge on any atom is 0.418 e. The zero-order valence-corrected chi connectivity index (χ0v) is 13.5. The number of carbonyl (C=O) groups excluding carboxylic acids is 2. The third-order valence-corrected chi connectivity index (χ3v) is 4.72. The third-order valence-electron chi connectivity index (χ3n) is 4.72. The molecule has 1 heterocycles. The van der Waals surface area contributed by atoms with Crippen molar-refractivity contribution in [1.82, 2.24) is 10.6 Å². The van der Waals surface area contributed by atoms with Gasteiger partial charge in [-0.1, -0.05) is 25.0 Å². The first-order valence-electron chi connectivity index (χ1n) is 8.37. The molecule has 2 aliphatic rings. The maximum atomic E-state index is 13.0. The molecule has 25 heavy (non-hydrogen) atoms. The highest BCUT2D eigenvalue weighted by molar-refractivity contribution is 5.96. The van der Waals surface area contributed by atoms with E-state index in [-0.39, 0.29) is 30.1 Å². The van der Waals surface area contributed by atoms with Crippen molar-refractivity contribution >= 4 is 17.5 Å². The Morgan fingerprint density at radius 2 is 1.84 bits per heavy atom. The lowest BCUT2D eigenvalue weighted by Gasteiger charge is -2.40. The highest BCUT2D eigenvalue weighted by atomic mass is 19.4. The smallest absolute Gasteiger partial charge is 0.350 e. The number of hydrogen-bond acceptors (Lipinski definition) is 3. The first-order chi connectivity index (χ1) is 11.8. The van der Waals surface area contributed by atoms with E-state index in [9.17, 15) is 22.8 Å². The molecule has 1 aromatic carbocycles. The van der Waals surface area contributed by atoms with Crippen LogP contribution in [0.25, 0.3) is 0 Å². The third kappa shape index (κ3) is 4.12. The lowest BCUT2D eigenvalue weighted by atomic mass is 9.87. The number of anilines is 1. The molecule has 0 unspecified atom stereocenters. The van der Waals surface area contributed by atoms with E-state index in [1.54, 1.807) is 0 Å². The average molecular weight is 355 g/mol. The molecule has 1 saturated heterocycles. The van der Waals surface area contributed by atoms with Crippen molar-refractivity contribution in [2.45, 2.75) is 56.4 Å². The highest BCUT2D eigenvalue weighted by Gasteiger charge is 2.37.